The van der Waals surface area contributed by atoms with Crippen molar-refractivity contribution in [3.8, 4) is 0 Å². The van der Waals surface area contributed by atoms with E-state index in [0.29, 0.717) is 0 Å². The molecule has 2 rings (SSSR count). The Labute approximate surface area is 100 Å². The maximum absolute atomic E-state index is 5.36. The average molecular weight is 235 g/mol. The fourth-order valence-electron chi connectivity index (χ4n) is 1.72. The third-order valence-electron chi connectivity index (χ3n) is 2.76. The van der Waals surface area contributed by atoms with Crippen molar-refractivity contribution in [3.05, 3.63) is 46.0 Å². The first-order valence-corrected chi connectivity index (χ1v) is 6.51. The summed E-state index contributed by atoms with van der Waals surface area (Å²) in [5.74, 6) is 0.995. The number of furan rings is 1. The van der Waals surface area contributed by atoms with Crippen LogP contribution < -0.4 is 5.32 Å². The van der Waals surface area contributed by atoms with Crippen LogP contribution in [0.25, 0.3) is 0 Å². The molecule has 1 unspecified atom stereocenters. The first kappa shape index (κ1) is 11.4. The highest BCUT2D eigenvalue weighted by Crippen LogP contribution is 2.19. The van der Waals surface area contributed by atoms with E-state index in [4.69, 9.17) is 4.42 Å². The molecule has 0 aromatic carbocycles. The van der Waals surface area contributed by atoms with E-state index in [2.05, 4.69) is 30.6 Å². The lowest BCUT2D eigenvalue weighted by Crippen LogP contribution is -2.17. The lowest BCUT2D eigenvalue weighted by molar-refractivity contribution is 0.431. The zero-order valence-corrected chi connectivity index (χ0v) is 10.5. The number of hydrogen-bond donors (Lipinski definition) is 1. The van der Waals surface area contributed by atoms with Crippen LogP contribution in [0.5, 0.6) is 0 Å². The number of rotatable bonds is 5. The molecule has 0 aliphatic heterocycles. The van der Waals surface area contributed by atoms with E-state index in [1.165, 1.54) is 10.4 Å². The van der Waals surface area contributed by atoms with Crippen molar-refractivity contribution < 1.29 is 4.42 Å². The zero-order valence-electron chi connectivity index (χ0n) is 9.69. The molecular formula is C13H17NOS. The zero-order chi connectivity index (χ0) is 11.4. The minimum absolute atomic E-state index is 0.266. The molecule has 2 nitrogen and oxygen atoms in total. The molecule has 2 aromatic rings. The van der Waals surface area contributed by atoms with E-state index in [-0.39, 0.29) is 6.04 Å². The molecule has 16 heavy (non-hydrogen) atoms. The fraction of sp³-hybridized carbons (Fsp3) is 0.385. The van der Waals surface area contributed by atoms with Crippen LogP contribution in [0.4, 0.5) is 0 Å². The Hall–Kier alpha value is -1.06. The van der Waals surface area contributed by atoms with E-state index in [0.717, 1.165) is 18.7 Å². The van der Waals surface area contributed by atoms with Crippen LogP contribution in [0.1, 0.15) is 36.1 Å². The summed E-state index contributed by atoms with van der Waals surface area (Å²) in [7, 11) is 0. The van der Waals surface area contributed by atoms with E-state index >= 15 is 0 Å². The van der Waals surface area contributed by atoms with Crippen molar-refractivity contribution in [1.82, 2.24) is 5.32 Å². The highest BCUT2D eigenvalue weighted by atomic mass is 32.1. The van der Waals surface area contributed by atoms with Gasteiger partial charge >= 0.3 is 0 Å². The highest BCUT2D eigenvalue weighted by molar-refractivity contribution is 7.10. The predicted octanol–water partition coefficient (Wildman–Crippen LogP) is 3.75. The summed E-state index contributed by atoms with van der Waals surface area (Å²) in [6.45, 7) is 5.24. The number of thiophene rings is 1. The monoisotopic (exact) mass is 235 g/mol. The highest BCUT2D eigenvalue weighted by Gasteiger charge is 2.09. The second-order valence-corrected chi connectivity index (χ2v) is 4.84. The molecule has 1 atom stereocenters. The summed E-state index contributed by atoms with van der Waals surface area (Å²) in [6, 6.07) is 6.41. The summed E-state index contributed by atoms with van der Waals surface area (Å²) in [4.78, 5) is 1.43. The van der Waals surface area contributed by atoms with Gasteiger partial charge in [-0.15, -0.1) is 11.3 Å². The van der Waals surface area contributed by atoms with Crippen LogP contribution in [0.3, 0.4) is 0 Å². The average Bonchev–Trinajstić information content (AvgIpc) is 2.96. The van der Waals surface area contributed by atoms with Gasteiger partial charge in [-0.3, -0.25) is 0 Å². The Morgan fingerprint density at radius 3 is 3.00 bits per heavy atom. The smallest absolute Gasteiger partial charge is 0.120 e. The molecule has 2 heterocycles. The number of nitrogens with one attached hydrogen (secondary N) is 1. The van der Waals surface area contributed by atoms with E-state index < -0.39 is 0 Å². The van der Waals surface area contributed by atoms with Gasteiger partial charge in [0.1, 0.15) is 5.76 Å². The predicted molar refractivity (Wildman–Crippen MR) is 67.7 cm³/mol. The molecular weight excluding hydrogens is 218 g/mol. The van der Waals surface area contributed by atoms with Crippen molar-refractivity contribution in [2.24, 2.45) is 0 Å². The lowest BCUT2D eigenvalue weighted by atomic mass is 10.2. The van der Waals surface area contributed by atoms with Crippen molar-refractivity contribution >= 4 is 11.3 Å². The van der Waals surface area contributed by atoms with E-state index in [1.54, 1.807) is 6.26 Å². The molecule has 86 valence electrons. The largest absolute Gasteiger partial charge is 0.468 e. The lowest BCUT2D eigenvalue weighted by Gasteiger charge is -2.11. The molecule has 2 aromatic heterocycles. The minimum atomic E-state index is 0.266. The van der Waals surface area contributed by atoms with Gasteiger partial charge in [-0.25, -0.2) is 0 Å². The Balaban J connectivity index is 1.92. The molecule has 0 radical (unpaired) electrons. The third-order valence-corrected chi connectivity index (χ3v) is 3.72. The van der Waals surface area contributed by atoms with Crippen LogP contribution in [0, 0.1) is 0 Å². The SMILES string of the molecule is CCc1ccsc1CNC(C)c1ccco1. The van der Waals surface area contributed by atoms with Crippen LogP contribution in [-0.2, 0) is 13.0 Å². The molecule has 0 bridgehead atoms. The van der Waals surface area contributed by atoms with Gasteiger partial charge in [0.05, 0.1) is 12.3 Å². The molecule has 0 fully saturated rings. The van der Waals surface area contributed by atoms with Gasteiger partial charge in [-0.05, 0) is 42.5 Å². The summed E-state index contributed by atoms with van der Waals surface area (Å²) >= 11 is 1.82. The first-order chi connectivity index (χ1) is 7.81. The molecule has 0 spiro atoms. The van der Waals surface area contributed by atoms with Gasteiger partial charge in [-0.2, -0.15) is 0 Å². The van der Waals surface area contributed by atoms with E-state index in [9.17, 15) is 0 Å². The van der Waals surface area contributed by atoms with Crippen molar-refractivity contribution in [1.29, 1.82) is 0 Å². The van der Waals surface area contributed by atoms with Gasteiger partial charge in [0, 0.05) is 11.4 Å². The Morgan fingerprint density at radius 2 is 2.31 bits per heavy atom. The van der Waals surface area contributed by atoms with Crippen molar-refractivity contribution in [2.45, 2.75) is 32.9 Å². The van der Waals surface area contributed by atoms with Gasteiger partial charge < -0.3 is 9.73 Å². The molecule has 0 aliphatic carbocycles. The Morgan fingerprint density at radius 1 is 1.44 bits per heavy atom. The summed E-state index contributed by atoms with van der Waals surface area (Å²) in [5.41, 5.74) is 1.45. The first-order valence-electron chi connectivity index (χ1n) is 5.63. The van der Waals surface area contributed by atoms with Gasteiger partial charge in [-0.1, -0.05) is 6.92 Å². The third kappa shape index (κ3) is 2.54. The topological polar surface area (TPSA) is 25.2 Å². The fourth-order valence-corrected chi connectivity index (χ4v) is 2.65. The molecule has 0 aliphatic rings. The molecule has 1 N–H and O–H groups in total. The summed E-state index contributed by atoms with van der Waals surface area (Å²) in [5, 5.41) is 5.64. The van der Waals surface area contributed by atoms with Gasteiger partial charge in [0.2, 0.25) is 0 Å². The number of hydrogen-bond acceptors (Lipinski definition) is 3. The summed E-state index contributed by atoms with van der Waals surface area (Å²) in [6.07, 6.45) is 2.83. The Kier molecular flexibility index (Phi) is 3.80. The van der Waals surface area contributed by atoms with Gasteiger partial charge in [0.15, 0.2) is 0 Å². The molecule has 0 amide bonds. The van der Waals surface area contributed by atoms with Crippen LogP contribution in [-0.4, -0.2) is 0 Å². The minimum Gasteiger partial charge on any atom is -0.468 e. The normalized spacial score (nSPS) is 12.9. The van der Waals surface area contributed by atoms with Crippen LogP contribution in [0.15, 0.2) is 34.3 Å². The second-order valence-electron chi connectivity index (χ2n) is 3.84. The number of aryl methyl sites for hydroxylation is 1. The maximum atomic E-state index is 5.36. The maximum Gasteiger partial charge on any atom is 0.120 e. The Bertz CT molecular complexity index is 419. The van der Waals surface area contributed by atoms with Crippen LogP contribution in [0.2, 0.25) is 0 Å². The van der Waals surface area contributed by atoms with Crippen molar-refractivity contribution in [3.63, 3.8) is 0 Å². The molecule has 0 saturated carbocycles. The molecule has 3 heteroatoms. The molecule has 0 saturated heterocycles. The quantitative estimate of drug-likeness (QED) is 0.853. The van der Waals surface area contributed by atoms with Gasteiger partial charge in [0.25, 0.3) is 0 Å². The standard InChI is InChI=1S/C13H17NOS/c1-3-11-6-8-16-13(11)9-14-10(2)12-5-4-7-15-12/h4-8,10,14H,3,9H2,1-2H3. The van der Waals surface area contributed by atoms with Crippen molar-refractivity contribution in [2.75, 3.05) is 0 Å². The van der Waals surface area contributed by atoms with Crippen LogP contribution >= 0.6 is 11.3 Å². The second kappa shape index (κ2) is 5.32. The van der Waals surface area contributed by atoms with E-state index in [1.807, 2.05) is 23.5 Å². The summed E-state index contributed by atoms with van der Waals surface area (Å²) < 4.78 is 5.36.